The molecular formula is C25H22FN5O. The van der Waals surface area contributed by atoms with Crippen LogP contribution in [-0.4, -0.2) is 23.2 Å². The maximum atomic E-state index is 15.1. The summed E-state index contributed by atoms with van der Waals surface area (Å²) in [7, 11) is 1.81. The minimum atomic E-state index is -0.365. The van der Waals surface area contributed by atoms with E-state index < -0.39 is 0 Å². The van der Waals surface area contributed by atoms with Gasteiger partial charge in [0.05, 0.1) is 22.8 Å². The maximum Gasteiger partial charge on any atom is 0.221 e. The Morgan fingerprint density at radius 1 is 1.19 bits per heavy atom. The van der Waals surface area contributed by atoms with Crippen LogP contribution in [-0.2, 0) is 11.3 Å². The molecule has 4 rings (SSSR count). The summed E-state index contributed by atoms with van der Waals surface area (Å²) in [5.41, 5.74) is 5.82. The van der Waals surface area contributed by atoms with E-state index in [-0.39, 0.29) is 11.7 Å². The Kier molecular flexibility index (Phi) is 5.71. The lowest BCUT2D eigenvalue weighted by atomic mass is 9.92. The summed E-state index contributed by atoms with van der Waals surface area (Å²) in [4.78, 5) is 11.3. The normalized spacial score (nSPS) is 10.8. The Morgan fingerprint density at radius 2 is 1.94 bits per heavy atom. The molecule has 0 saturated heterocycles. The van der Waals surface area contributed by atoms with Crippen molar-refractivity contribution in [2.75, 3.05) is 12.4 Å². The van der Waals surface area contributed by atoms with Gasteiger partial charge in [0.1, 0.15) is 5.82 Å². The van der Waals surface area contributed by atoms with Crippen molar-refractivity contribution in [1.82, 2.24) is 15.5 Å². The van der Waals surface area contributed by atoms with Crippen molar-refractivity contribution in [2.45, 2.75) is 20.4 Å². The van der Waals surface area contributed by atoms with Gasteiger partial charge in [-0.15, -0.1) is 0 Å². The van der Waals surface area contributed by atoms with Crippen LogP contribution in [0.1, 0.15) is 23.6 Å². The van der Waals surface area contributed by atoms with Gasteiger partial charge in [0.15, 0.2) is 0 Å². The smallest absolute Gasteiger partial charge is 0.221 e. The van der Waals surface area contributed by atoms with Crippen LogP contribution in [0, 0.1) is 24.1 Å². The fourth-order valence-corrected chi connectivity index (χ4v) is 3.96. The van der Waals surface area contributed by atoms with E-state index in [2.05, 4.69) is 26.9 Å². The summed E-state index contributed by atoms with van der Waals surface area (Å²) in [5.74, 6) is -0.509. The number of fused-ring (bicyclic) bond motifs is 1. The van der Waals surface area contributed by atoms with Gasteiger partial charge in [-0.25, -0.2) is 4.39 Å². The number of hydrogen-bond acceptors (Lipinski definition) is 4. The Labute approximate surface area is 185 Å². The van der Waals surface area contributed by atoms with Crippen molar-refractivity contribution in [3.05, 3.63) is 71.0 Å². The molecule has 0 atom stereocenters. The van der Waals surface area contributed by atoms with Crippen molar-refractivity contribution in [3.63, 3.8) is 0 Å². The number of halogens is 1. The second kappa shape index (κ2) is 8.61. The monoisotopic (exact) mass is 427 g/mol. The second-order valence-electron chi connectivity index (χ2n) is 7.69. The molecule has 3 N–H and O–H groups in total. The van der Waals surface area contributed by atoms with E-state index in [0.717, 1.165) is 22.1 Å². The summed E-state index contributed by atoms with van der Waals surface area (Å²) in [6.07, 6.45) is 0. The number of amides is 1. The first kappa shape index (κ1) is 21.2. The molecular weight excluding hydrogens is 405 g/mol. The molecule has 4 aromatic rings. The van der Waals surface area contributed by atoms with Gasteiger partial charge in [-0.05, 0) is 55.4 Å². The van der Waals surface area contributed by atoms with Gasteiger partial charge in [-0.1, -0.05) is 18.2 Å². The Bertz CT molecular complexity index is 1340. The first-order valence-corrected chi connectivity index (χ1v) is 10.2. The fourth-order valence-electron chi connectivity index (χ4n) is 3.96. The highest BCUT2D eigenvalue weighted by Crippen LogP contribution is 2.36. The quantitative estimate of drug-likeness (QED) is 0.423. The lowest BCUT2D eigenvalue weighted by molar-refractivity contribution is -0.114. The topological polar surface area (TPSA) is 93.6 Å². The van der Waals surface area contributed by atoms with E-state index in [1.54, 1.807) is 18.2 Å². The third-order valence-corrected chi connectivity index (χ3v) is 5.30. The molecule has 1 heterocycles. The molecule has 0 aliphatic rings. The Balaban J connectivity index is 1.85. The number of nitrogens with one attached hydrogen (secondary N) is 3. The number of nitrogens with zero attached hydrogens (tertiary/aromatic N) is 2. The van der Waals surface area contributed by atoms with E-state index in [1.807, 2.05) is 38.2 Å². The van der Waals surface area contributed by atoms with Crippen molar-refractivity contribution < 1.29 is 9.18 Å². The molecule has 1 amide bonds. The number of carbonyl (C=O) groups excluding carboxylic acids is 1. The maximum absolute atomic E-state index is 15.1. The van der Waals surface area contributed by atoms with Crippen LogP contribution in [0.2, 0.25) is 0 Å². The second-order valence-corrected chi connectivity index (χ2v) is 7.69. The van der Waals surface area contributed by atoms with Crippen LogP contribution in [0.4, 0.5) is 10.1 Å². The Hall–Kier alpha value is -4.02. The zero-order valence-corrected chi connectivity index (χ0v) is 18.0. The van der Waals surface area contributed by atoms with Crippen LogP contribution < -0.4 is 10.6 Å². The molecule has 0 unspecified atom stereocenters. The number of aryl methyl sites for hydroxylation is 1. The number of aromatic amines is 1. The molecule has 0 aliphatic heterocycles. The van der Waals surface area contributed by atoms with Crippen LogP contribution in [0.25, 0.3) is 33.3 Å². The third kappa shape index (κ3) is 3.96. The van der Waals surface area contributed by atoms with Gasteiger partial charge >= 0.3 is 0 Å². The fraction of sp³-hybridized carbons (Fsp3) is 0.160. The van der Waals surface area contributed by atoms with Crippen molar-refractivity contribution in [2.24, 2.45) is 0 Å². The number of H-pyrrole nitrogens is 1. The highest BCUT2D eigenvalue weighted by Gasteiger charge is 2.18. The molecule has 0 spiro atoms. The third-order valence-electron chi connectivity index (χ3n) is 5.30. The van der Waals surface area contributed by atoms with E-state index in [0.29, 0.717) is 40.1 Å². The number of aromatic nitrogens is 2. The molecule has 6 nitrogen and oxygen atoms in total. The highest BCUT2D eigenvalue weighted by molar-refractivity contribution is 5.98. The zero-order chi connectivity index (χ0) is 22.8. The van der Waals surface area contributed by atoms with Crippen LogP contribution in [0.15, 0.2) is 48.5 Å². The van der Waals surface area contributed by atoms with Gasteiger partial charge in [0.25, 0.3) is 0 Å². The first-order chi connectivity index (χ1) is 15.4. The van der Waals surface area contributed by atoms with Gasteiger partial charge < -0.3 is 10.6 Å². The predicted molar refractivity (Wildman–Crippen MR) is 123 cm³/mol. The molecule has 0 fully saturated rings. The van der Waals surface area contributed by atoms with Gasteiger partial charge in [-0.2, -0.15) is 10.4 Å². The van der Waals surface area contributed by atoms with Crippen molar-refractivity contribution in [1.29, 1.82) is 5.26 Å². The van der Waals surface area contributed by atoms with E-state index in [4.69, 9.17) is 0 Å². The average Bonchev–Trinajstić information content (AvgIpc) is 3.16. The number of carbonyl (C=O) groups is 1. The predicted octanol–water partition coefficient (Wildman–Crippen LogP) is 4.89. The molecule has 1 aromatic heterocycles. The molecule has 3 aromatic carbocycles. The lowest BCUT2D eigenvalue weighted by Crippen LogP contribution is -2.06. The first-order valence-electron chi connectivity index (χ1n) is 10.2. The number of rotatable bonds is 5. The minimum absolute atomic E-state index is 0.144. The van der Waals surface area contributed by atoms with Crippen molar-refractivity contribution in [3.8, 4) is 28.5 Å². The number of nitriles is 1. The average molecular weight is 427 g/mol. The summed E-state index contributed by atoms with van der Waals surface area (Å²) < 4.78 is 15.1. The van der Waals surface area contributed by atoms with E-state index >= 15 is 4.39 Å². The molecule has 0 saturated carbocycles. The van der Waals surface area contributed by atoms with Gasteiger partial charge in [0.2, 0.25) is 5.91 Å². The highest BCUT2D eigenvalue weighted by atomic mass is 19.1. The standard InChI is InChI=1S/C25H22FN5O/c1-14-8-16(13-28-3)9-22(26)24(14)20-11-21-23(10-18(20)12-27)30-31-25(21)17-4-6-19(7-5-17)29-15(2)32/h4-11,28H,13H2,1-3H3,(H,29,32)(H,30,31). The van der Waals surface area contributed by atoms with Crippen LogP contribution in [0.5, 0.6) is 0 Å². The number of benzene rings is 3. The van der Waals surface area contributed by atoms with E-state index in [1.165, 1.54) is 13.0 Å². The molecule has 7 heteroatoms. The molecule has 32 heavy (non-hydrogen) atoms. The van der Waals surface area contributed by atoms with Gasteiger partial charge in [-0.3, -0.25) is 9.89 Å². The zero-order valence-electron chi connectivity index (χ0n) is 18.0. The summed E-state index contributed by atoms with van der Waals surface area (Å²) >= 11 is 0. The molecule has 160 valence electrons. The minimum Gasteiger partial charge on any atom is -0.326 e. The van der Waals surface area contributed by atoms with Crippen molar-refractivity contribution >= 4 is 22.5 Å². The molecule has 0 aliphatic carbocycles. The summed E-state index contributed by atoms with van der Waals surface area (Å²) in [6.45, 7) is 3.86. The number of hydrogen-bond donors (Lipinski definition) is 3. The van der Waals surface area contributed by atoms with Crippen LogP contribution >= 0.6 is 0 Å². The molecule has 0 radical (unpaired) electrons. The SMILES string of the molecule is CNCc1cc(C)c(-c2cc3c(-c4ccc(NC(C)=O)cc4)n[nH]c3cc2C#N)c(F)c1. The number of anilines is 1. The summed E-state index contributed by atoms with van der Waals surface area (Å²) in [6, 6.07) is 16.4. The molecule has 0 bridgehead atoms. The van der Waals surface area contributed by atoms with Crippen LogP contribution in [0.3, 0.4) is 0 Å². The summed E-state index contributed by atoms with van der Waals surface area (Å²) in [5, 5.41) is 23.7. The largest absolute Gasteiger partial charge is 0.326 e. The van der Waals surface area contributed by atoms with E-state index in [9.17, 15) is 10.1 Å². The lowest BCUT2D eigenvalue weighted by Gasteiger charge is -2.13. The Morgan fingerprint density at radius 3 is 2.56 bits per heavy atom. The van der Waals surface area contributed by atoms with Gasteiger partial charge in [0, 0.05) is 41.2 Å².